The molecule has 0 unspecified atom stereocenters. The van der Waals surface area contributed by atoms with Gasteiger partial charge in [0.1, 0.15) is 12.4 Å². The molecule has 0 bridgehead atoms. The van der Waals surface area contributed by atoms with Crippen LogP contribution in [0.3, 0.4) is 0 Å². The number of aromatic nitrogens is 3. The standard InChI is InChI=1S/C22H42N8O/c1-18(2)17-30-10-6-20(7-11-30)25-22(24-16-21-27-26-19(3)28(21)4)23-8-5-9-29-12-14-31-15-13-29/h18,20H,5-17H2,1-4H3,(H2,23,24,25). The Labute approximate surface area is 187 Å². The first-order chi connectivity index (χ1) is 15.0. The van der Waals surface area contributed by atoms with Crippen LogP contribution in [0.15, 0.2) is 4.99 Å². The minimum absolute atomic E-state index is 0.468. The number of morpholine rings is 1. The summed E-state index contributed by atoms with van der Waals surface area (Å²) in [6.45, 7) is 16.4. The van der Waals surface area contributed by atoms with Gasteiger partial charge in [0.05, 0.1) is 13.2 Å². The number of guanidine groups is 1. The summed E-state index contributed by atoms with van der Waals surface area (Å²) in [4.78, 5) is 9.89. The molecule has 0 atom stereocenters. The Morgan fingerprint density at radius 3 is 2.52 bits per heavy atom. The minimum Gasteiger partial charge on any atom is -0.379 e. The van der Waals surface area contributed by atoms with Gasteiger partial charge in [0.15, 0.2) is 11.8 Å². The number of likely N-dealkylation sites (tertiary alicyclic amines) is 1. The van der Waals surface area contributed by atoms with Crippen molar-refractivity contribution in [3.8, 4) is 0 Å². The molecular formula is C22H42N8O. The van der Waals surface area contributed by atoms with Gasteiger partial charge < -0.3 is 24.8 Å². The van der Waals surface area contributed by atoms with Crippen molar-refractivity contribution in [2.24, 2.45) is 18.0 Å². The second-order valence-electron chi connectivity index (χ2n) is 9.23. The largest absolute Gasteiger partial charge is 0.379 e. The van der Waals surface area contributed by atoms with Crippen LogP contribution in [0.2, 0.25) is 0 Å². The van der Waals surface area contributed by atoms with Crippen LogP contribution in [-0.2, 0) is 18.3 Å². The van der Waals surface area contributed by atoms with Gasteiger partial charge in [-0.1, -0.05) is 13.8 Å². The number of piperidine rings is 1. The van der Waals surface area contributed by atoms with Gasteiger partial charge in [0.2, 0.25) is 0 Å². The Morgan fingerprint density at radius 1 is 1.13 bits per heavy atom. The lowest BCUT2D eigenvalue weighted by Crippen LogP contribution is -2.49. The Bertz CT molecular complexity index is 675. The molecule has 2 N–H and O–H groups in total. The lowest BCUT2D eigenvalue weighted by Gasteiger charge is -2.34. The lowest BCUT2D eigenvalue weighted by molar-refractivity contribution is 0.0376. The number of aliphatic imine (C=N–C) groups is 1. The number of nitrogens with zero attached hydrogens (tertiary/aromatic N) is 6. The third-order valence-electron chi connectivity index (χ3n) is 6.16. The fourth-order valence-electron chi connectivity index (χ4n) is 4.19. The van der Waals surface area contributed by atoms with Crippen molar-refractivity contribution >= 4 is 5.96 Å². The normalized spacial score (nSPS) is 19.8. The van der Waals surface area contributed by atoms with E-state index in [1.807, 2.05) is 18.5 Å². The number of hydrogen-bond donors (Lipinski definition) is 2. The van der Waals surface area contributed by atoms with E-state index in [1.54, 1.807) is 0 Å². The number of rotatable bonds is 9. The molecule has 2 saturated heterocycles. The third-order valence-corrected chi connectivity index (χ3v) is 6.16. The van der Waals surface area contributed by atoms with Crippen LogP contribution in [0.4, 0.5) is 0 Å². The molecule has 2 aliphatic rings. The van der Waals surface area contributed by atoms with Gasteiger partial charge in [0.25, 0.3) is 0 Å². The highest BCUT2D eigenvalue weighted by Gasteiger charge is 2.20. The predicted octanol–water partition coefficient (Wildman–Crippen LogP) is 1.00. The van der Waals surface area contributed by atoms with Crippen LogP contribution in [0.1, 0.15) is 44.8 Å². The van der Waals surface area contributed by atoms with E-state index in [0.717, 1.165) is 95.3 Å². The molecule has 2 aliphatic heterocycles. The molecule has 0 amide bonds. The molecule has 0 spiro atoms. The van der Waals surface area contributed by atoms with E-state index in [1.165, 1.54) is 6.54 Å². The predicted molar refractivity (Wildman–Crippen MR) is 124 cm³/mol. The van der Waals surface area contributed by atoms with Crippen LogP contribution in [0, 0.1) is 12.8 Å². The monoisotopic (exact) mass is 434 g/mol. The van der Waals surface area contributed by atoms with E-state index in [9.17, 15) is 0 Å². The molecule has 1 aromatic heterocycles. The molecule has 0 aromatic carbocycles. The molecule has 0 aliphatic carbocycles. The van der Waals surface area contributed by atoms with Gasteiger partial charge in [-0.25, -0.2) is 4.99 Å². The van der Waals surface area contributed by atoms with Gasteiger partial charge in [-0.05, 0) is 38.6 Å². The summed E-state index contributed by atoms with van der Waals surface area (Å²) >= 11 is 0. The van der Waals surface area contributed by atoms with E-state index >= 15 is 0 Å². The van der Waals surface area contributed by atoms with Gasteiger partial charge in [0, 0.05) is 52.4 Å². The summed E-state index contributed by atoms with van der Waals surface area (Å²) in [7, 11) is 1.99. The minimum atomic E-state index is 0.468. The quantitative estimate of drug-likeness (QED) is 0.341. The smallest absolute Gasteiger partial charge is 0.191 e. The molecular weight excluding hydrogens is 392 g/mol. The first kappa shape index (κ1) is 23.9. The Morgan fingerprint density at radius 2 is 1.87 bits per heavy atom. The Kier molecular flexibility index (Phi) is 9.54. The van der Waals surface area contributed by atoms with Gasteiger partial charge >= 0.3 is 0 Å². The zero-order valence-corrected chi connectivity index (χ0v) is 19.9. The van der Waals surface area contributed by atoms with E-state index < -0.39 is 0 Å². The average molecular weight is 435 g/mol. The summed E-state index contributed by atoms with van der Waals surface area (Å²) in [6.07, 6.45) is 3.41. The topological polar surface area (TPSA) is 82.8 Å². The van der Waals surface area contributed by atoms with Gasteiger partial charge in [-0.2, -0.15) is 0 Å². The molecule has 176 valence electrons. The van der Waals surface area contributed by atoms with Crippen molar-refractivity contribution in [3.05, 3.63) is 11.6 Å². The van der Waals surface area contributed by atoms with Crippen molar-refractivity contribution in [2.75, 3.05) is 59.0 Å². The maximum atomic E-state index is 5.44. The molecule has 3 rings (SSSR count). The van der Waals surface area contributed by atoms with Crippen molar-refractivity contribution < 1.29 is 4.74 Å². The molecule has 9 heteroatoms. The van der Waals surface area contributed by atoms with Crippen LogP contribution in [0.5, 0.6) is 0 Å². The molecule has 3 heterocycles. The third kappa shape index (κ3) is 8.05. The molecule has 1 aromatic rings. The maximum absolute atomic E-state index is 5.44. The Balaban J connectivity index is 1.50. The summed E-state index contributed by atoms with van der Waals surface area (Å²) < 4.78 is 7.44. The second-order valence-corrected chi connectivity index (χ2v) is 9.23. The lowest BCUT2D eigenvalue weighted by atomic mass is 10.0. The number of hydrogen-bond acceptors (Lipinski definition) is 6. The van der Waals surface area contributed by atoms with E-state index in [4.69, 9.17) is 9.73 Å². The zero-order valence-electron chi connectivity index (χ0n) is 19.9. The van der Waals surface area contributed by atoms with E-state index in [0.29, 0.717) is 12.6 Å². The van der Waals surface area contributed by atoms with Gasteiger partial charge in [-0.15, -0.1) is 10.2 Å². The second kappa shape index (κ2) is 12.4. The van der Waals surface area contributed by atoms with Gasteiger partial charge in [-0.3, -0.25) is 4.90 Å². The van der Waals surface area contributed by atoms with E-state index in [2.05, 4.69) is 44.5 Å². The highest BCUT2D eigenvalue weighted by molar-refractivity contribution is 5.80. The number of nitrogens with one attached hydrogen (secondary N) is 2. The average Bonchev–Trinajstić information content (AvgIpc) is 3.08. The van der Waals surface area contributed by atoms with Crippen molar-refractivity contribution in [3.63, 3.8) is 0 Å². The molecule has 2 fully saturated rings. The highest BCUT2D eigenvalue weighted by Crippen LogP contribution is 2.12. The van der Waals surface area contributed by atoms with Crippen molar-refractivity contribution in [1.82, 2.24) is 35.2 Å². The summed E-state index contributed by atoms with van der Waals surface area (Å²) in [5, 5.41) is 15.6. The fourth-order valence-corrected chi connectivity index (χ4v) is 4.19. The van der Waals surface area contributed by atoms with Crippen molar-refractivity contribution in [1.29, 1.82) is 0 Å². The molecule has 0 saturated carbocycles. The van der Waals surface area contributed by atoms with Crippen LogP contribution >= 0.6 is 0 Å². The SMILES string of the molecule is Cc1nnc(CN=C(NCCCN2CCOCC2)NC2CCN(CC(C)C)CC2)n1C. The maximum Gasteiger partial charge on any atom is 0.191 e. The van der Waals surface area contributed by atoms with E-state index in [-0.39, 0.29) is 0 Å². The summed E-state index contributed by atoms with van der Waals surface area (Å²) in [5.74, 6) is 3.42. The van der Waals surface area contributed by atoms with Crippen LogP contribution in [-0.4, -0.2) is 95.6 Å². The molecule has 31 heavy (non-hydrogen) atoms. The molecule has 9 nitrogen and oxygen atoms in total. The number of aryl methyl sites for hydroxylation is 1. The van der Waals surface area contributed by atoms with Crippen molar-refractivity contribution in [2.45, 2.75) is 52.6 Å². The van der Waals surface area contributed by atoms with Crippen LogP contribution < -0.4 is 10.6 Å². The zero-order chi connectivity index (χ0) is 22.1. The summed E-state index contributed by atoms with van der Waals surface area (Å²) in [5.41, 5.74) is 0. The first-order valence-corrected chi connectivity index (χ1v) is 11.9. The van der Waals surface area contributed by atoms with Crippen LogP contribution in [0.25, 0.3) is 0 Å². The molecule has 0 radical (unpaired) electrons. The summed E-state index contributed by atoms with van der Waals surface area (Å²) in [6, 6.07) is 0.468. The fraction of sp³-hybridized carbons (Fsp3) is 0.864. The Hall–Kier alpha value is -1.71. The first-order valence-electron chi connectivity index (χ1n) is 11.9. The number of ether oxygens (including phenoxy) is 1. The highest BCUT2D eigenvalue weighted by atomic mass is 16.5.